The Morgan fingerprint density at radius 1 is 1.32 bits per heavy atom. The molecule has 2 rings (SSSR count). The molecular weight excluding hydrogens is 302 g/mol. The number of ether oxygens (including phenoxy) is 1. The molecule has 0 unspecified atom stereocenters. The van der Waals surface area contributed by atoms with Gasteiger partial charge in [0.25, 0.3) is 0 Å². The predicted octanol–water partition coefficient (Wildman–Crippen LogP) is 4.37. The fourth-order valence-electron chi connectivity index (χ4n) is 2.30. The number of aliphatic imine (C=N–C) groups is 1. The van der Waals surface area contributed by atoms with E-state index in [1.165, 1.54) is 19.3 Å². The topological polar surface area (TPSA) is 62.7 Å². The van der Waals surface area contributed by atoms with Gasteiger partial charge in [0.15, 0.2) is 0 Å². The van der Waals surface area contributed by atoms with E-state index >= 15 is 0 Å². The molecule has 0 radical (unpaired) electrons. The van der Waals surface area contributed by atoms with Crippen LogP contribution < -0.4 is 10.6 Å². The van der Waals surface area contributed by atoms with Gasteiger partial charge in [-0.05, 0) is 50.5 Å². The van der Waals surface area contributed by atoms with Crippen molar-refractivity contribution < 1.29 is 9.53 Å². The highest BCUT2D eigenvalue weighted by molar-refractivity contribution is 5.96. The Labute approximate surface area is 137 Å². The third-order valence-electron chi connectivity index (χ3n) is 3.40. The van der Waals surface area contributed by atoms with E-state index in [4.69, 9.17) is 4.74 Å². The maximum absolute atomic E-state index is 11.4. The number of hydrogen-bond donors (Lipinski definition) is 2. The van der Waals surface area contributed by atoms with E-state index in [9.17, 15) is 4.79 Å². The zero-order chi connectivity index (χ0) is 15.1. The standard InChI is InChI=1S/C16H23N3O2.ClH/c1-3-21-16(20)18-13-8-9-14(12(2)11-13)19-15-7-5-4-6-10-17-15;/h8-9,11H,3-7,10H2,1-2H3,(H,17,19)(H,18,20);1H. The highest BCUT2D eigenvalue weighted by Crippen LogP contribution is 2.21. The third-order valence-corrected chi connectivity index (χ3v) is 3.40. The molecular formula is C16H24ClN3O2. The van der Waals surface area contributed by atoms with Crippen molar-refractivity contribution in [1.29, 1.82) is 0 Å². The van der Waals surface area contributed by atoms with Crippen molar-refractivity contribution in [2.24, 2.45) is 4.99 Å². The molecule has 122 valence electrons. The minimum absolute atomic E-state index is 0. The minimum atomic E-state index is -0.425. The summed E-state index contributed by atoms with van der Waals surface area (Å²) in [5.41, 5.74) is 2.83. The van der Waals surface area contributed by atoms with Crippen molar-refractivity contribution in [1.82, 2.24) is 0 Å². The van der Waals surface area contributed by atoms with E-state index in [1.807, 2.05) is 25.1 Å². The van der Waals surface area contributed by atoms with Crippen molar-refractivity contribution in [3.8, 4) is 0 Å². The molecule has 1 heterocycles. The van der Waals surface area contributed by atoms with Crippen LogP contribution in [0.25, 0.3) is 0 Å². The Hall–Kier alpha value is -1.75. The molecule has 1 aliphatic rings. The van der Waals surface area contributed by atoms with Crippen LogP contribution >= 0.6 is 12.4 Å². The van der Waals surface area contributed by atoms with Crippen LogP contribution in [0, 0.1) is 6.92 Å². The Bertz CT molecular complexity index is 532. The molecule has 0 aromatic heterocycles. The zero-order valence-electron chi connectivity index (χ0n) is 13.1. The smallest absolute Gasteiger partial charge is 0.411 e. The van der Waals surface area contributed by atoms with Crippen LogP contribution in [0.1, 0.15) is 38.2 Å². The number of amides is 1. The lowest BCUT2D eigenvalue weighted by Crippen LogP contribution is -2.14. The van der Waals surface area contributed by atoms with Crippen LogP contribution in [0.15, 0.2) is 23.2 Å². The van der Waals surface area contributed by atoms with Gasteiger partial charge in [-0.1, -0.05) is 6.42 Å². The lowest BCUT2D eigenvalue weighted by Gasteiger charge is -2.13. The first-order chi connectivity index (χ1) is 10.2. The van der Waals surface area contributed by atoms with Crippen molar-refractivity contribution >= 4 is 35.7 Å². The summed E-state index contributed by atoms with van der Waals surface area (Å²) in [6.45, 7) is 5.06. The van der Waals surface area contributed by atoms with Crippen LogP contribution in [0.5, 0.6) is 0 Å². The molecule has 0 bridgehead atoms. The summed E-state index contributed by atoms with van der Waals surface area (Å²) >= 11 is 0. The molecule has 2 N–H and O–H groups in total. The number of halogens is 1. The van der Waals surface area contributed by atoms with E-state index < -0.39 is 6.09 Å². The van der Waals surface area contributed by atoms with E-state index in [0.717, 1.165) is 35.7 Å². The minimum Gasteiger partial charge on any atom is -0.450 e. The van der Waals surface area contributed by atoms with Gasteiger partial charge in [-0.2, -0.15) is 0 Å². The molecule has 6 heteroatoms. The number of nitrogens with zero attached hydrogens (tertiary/aromatic N) is 1. The van der Waals surface area contributed by atoms with Gasteiger partial charge in [-0.15, -0.1) is 12.4 Å². The van der Waals surface area contributed by atoms with Crippen LogP contribution in [-0.2, 0) is 4.74 Å². The molecule has 0 spiro atoms. The average molecular weight is 326 g/mol. The van der Waals surface area contributed by atoms with Gasteiger partial charge in [-0.3, -0.25) is 10.3 Å². The van der Waals surface area contributed by atoms with E-state index in [1.54, 1.807) is 6.92 Å². The summed E-state index contributed by atoms with van der Waals surface area (Å²) in [6.07, 6.45) is 4.18. The monoisotopic (exact) mass is 325 g/mol. The zero-order valence-corrected chi connectivity index (χ0v) is 14.0. The highest BCUT2D eigenvalue weighted by Gasteiger charge is 2.08. The van der Waals surface area contributed by atoms with Crippen molar-refractivity contribution in [3.05, 3.63) is 23.8 Å². The molecule has 1 amide bonds. The Morgan fingerprint density at radius 3 is 2.86 bits per heavy atom. The van der Waals surface area contributed by atoms with Crippen molar-refractivity contribution in [3.63, 3.8) is 0 Å². The SMILES string of the molecule is CCOC(=O)Nc1ccc(NC2=NCCCCC2)c(C)c1.Cl. The van der Waals surface area contributed by atoms with Crippen molar-refractivity contribution in [2.45, 2.75) is 39.5 Å². The molecule has 5 nitrogen and oxygen atoms in total. The van der Waals surface area contributed by atoms with Gasteiger partial charge in [-0.25, -0.2) is 4.79 Å². The quantitative estimate of drug-likeness (QED) is 0.867. The summed E-state index contributed by atoms with van der Waals surface area (Å²) in [5.74, 6) is 1.06. The average Bonchev–Trinajstić information content (AvgIpc) is 2.71. The fourth-order valence-corrected chi connectivity index (χ4v) is 2.30. The second-order valence-corrected chi connectivity index (χ2v) is 5.14. The summed E-state index contributed by atoms with van der Waals surface area (Å²) in [7, 11) is 0. The molecule has 0 saturated heterocycles. The maximum Gasteiger partial charge on any atom is 0.411 e. The maximum atomic E-state index is 11.4. The normalized spacial score (nSPS) is 14.2. The van der Waals surface area contributed by atoms with E-state index in [0.29, 0.717) is 6.61 Å². The van der Waals surface area contributed by atoms with Gasteiger partial charge in [0.1, 0.15) is 5.84 Å². The first kappa shape index (κ1) is 18.3. The first-order valence-corrected chi connectivity index (χ1v) is 7.54. The number of anilines is 2. The fraction of sp³-hybridized carbons (Fsp3) is 0.500. The number of carbonyl (C=O) groups excluding carboxylic acids is 1. The summed E-state index contributed by atoms with van der Waals surface area (Å²) in [4.78, 5) is 16.0. The molecule has 0 fully saturated rings. The number of carbonyl (C=O) groups is 1. The highest BCUT2D eigenvalue weighted by atomic mass is 35.5. The van der Waals surface area contributed by atoms with Crippen molar-refractivity contribution in [2.75, 3.05) is 23.8 Å². The van der Waals surface area contributed by atoms with Crippen LogP contribution in [0.3, 0.4) is 0 Å². The lowest BCUT2D eigenvalue weighted by atomic mass is 10.1. The van der Waals surface area contributed by atoms with Crippen LogP contribution in [0.4, 0.5) is 16.2 Å². The lowest BCUT2D eigenvalue weighted by molar-refractivity contribution is 0.168. The van der Waals surface area contributed by atoms with Crippen LogP contribution in [-0.4, -0.2) is 25.1 Å². The number of hydrogen-bond acceptors (Lipinski definition) is 4. The number of aryl methyl sites for hydroxylation is 1. The molecule has 0 aliphatic carbocycles. The van der Waals surface area contributed by atoms with Gasteiger partial charge >= 0.3 is 6.09 Å². The van der Waals surface area contributed by atoms with Crippen LogP contribution in [0.2, 0.25) is 0 Å². The number of benzene rings is 1. The predicted molar refractivity (Wildman–Crippen MR) is 93.5 cm³/mol. The summed E-state index contributed by atoms with van der Waals surface area (Å²) in [6, 6.07) is 5.75. The van der Waals surface area contributed by atoms with E-state index in [2.05, 4.69) is 15.6 Å². The summed E-state index contributed by atoms with van der Waals surface area (Å²) in [5, 5.41) is 6.11. The second-order valence-electron chi connectivity index (χ2n) is 5.14. The Morgan fingerprint density at radius 2 is 2.14 bits per heavy atom. The number of nitrogens with one attached hydrogen (secondary N) is 2. The third kappa shape index (κ3) is 5.56. The van der Waals surface area contributed by atoms with Gasteiger partial charge in [0, 0.05) is 24.3 Å². The van der Waals surface area contributed by atoms with Gasteiger partial charge in [0.05, 0.1) is 6.61 Å². The first-order valence-electron chi connectivity index (χ1n) is 7.54. The van der Waals surface area contributed by atoms with Gasteiger partial charge < -0.3 is 10.1 Å². The molecule has 1 aromatic rings. The molecule has 1 aromatic carbocycles. The Balaban J connectivity index is 0.00000242. The number of amidine groups is 1. The largest absolute Gasteiger partial charge is 0.450 e. The second kappa shape index (κ2) is 9.30. The molecule has 22 heavy (non-hydrogen) atoms. The number of rotatable bonds is 3. The van der Waals surface area contributed by atoms with Gasteiger partial charge in [0.2, 0.25) is 0 Å². The Kier molecular flexibility index (Phi) is 7.74. The molecule has 0 atom stereocenters. The summed E-state index contributed by atoms with van der Waals surface area (Å²) < 4.78 is 4.87. The van der Waals surface area contributed by atoms with E-state index in [-0.39, 0.29) is 12.4 Å². The molecule has 1 aliphatic heterocycles. The molecule has 0 saturated carbocycles.